The Morgan fingerprint density at radius 2 is 1.63 bits per heavy atom. The zero-order valence-corrected chi connectivity index (χ0v) is 17.8. The van der Waals surface area contributed by atoms with Crippen LogP contribution in [0.25, 0.3) is 0 Å². The molecule has 1 aliphatic rings. The number of benzene rings is 1. The maximum atomic E-state index is 12.9. The molecule has 1 saturated heterocycles. The molecule has 27 heavy (non-hydrogen) atoms. The fraction of sp³-hybridized carbons (Fsp3) is 0.550. The minimum absolute atomic E-state index is 0.156. The summed E-state index contributed by atoms with van der Waals surface area (Å²) in [5, 5.41) is 4.17. The van der Waals surface area contributed by atoms with Crippen LogP contribution in [0.1, 0.15) is 37.6 Å². The number of sulfonamides is 1. The van der Waals surface area contributed by atoms with Crippen LogP contribution in [0.2, 0.25) is 0 Å². The summed E-state index contributed by atoms with van der Waals surface area (Å²) >= 11 is 0. The van der Waals surface area contributed by atoms with Gasteiger partial charge >= 0.3 is 0 Å². The van der Waals surface area contributed by atoms with Gasteiger partial charge in [0, 0.05) is 46.0 Å². The van der Waals surface area contributed by atoms with Gasteiger partial charge in [-0.15, -0.1) is 0 Å². The van der Waals surface area contributed by atoms with Crippen molar-refractivity contribution in [1.29, 1.82) is 0 Å². The lowest BCUT2D eigenvalue weighted by atomic mass is 9.87. The first kappa shape index (κ1) is 20.0. The van der Waals surface area contributed by atoms with E-state index in [1.165, 1.54) is 11.1 Å². The Bertz CT molecular complexity index is 887. The summed E-state index contributed by atoms with van der Waals surface area (Å²) in [6, 6.07) is 8.76. The van der Waals surface area contributed by atoms with Gasteiger partial charge in [0.05, 0.1) is 5.69 Å². The summed E-state index contributed by atoms with van der Waals surface area (Å²) < 4.78 is 28.9. The summed E-state index contributed by atoms with van der Waals surface area (Å²) in [7, 11) is -1.72. The van der Waals surface area contributed by atoms with Crippen molar-refractivity contribution in [1.82, 2.24) is 19.0 Å². The number of hydrogen-bond donors (Lipinski definition) is 0. The monoisotopic (exact) mass is 390 g/mol. The molecule has 0 N–H and O–H groups in total. The maximum absolute atomic E-state index is 12.9. The van der Waals surface area contributed by atoms with Crippen molar-refractivity contribution in [2.24, 2.45) is 7.05 Å². The first-order chi connectivity index (χ1) is 12.6. The second-order valence-corrected chi connectivity index (χ2v) is 10.3. The third-order valence-corrected chi connectivity index (χ3v) is 7.15. The topological polar surface area (TPSA) is 58.4 Å². The molecule has 0 spiro atoms. The predicted octanol–water partition coefficient (Wildman–Crippen LogP) is 2.53. The lowest BCUT2D eigenvalue weighted by Gasteiger charge is -2.34. The van der Waals surface area contributed by atoms with Crippen molar-refractivity contribution in [2.45, 2.75) is 44.6 Å². The molecule has 1 aliphatic heterocycles. The molecule has 0 aliphatic carbocycles. The highest BCUT2D eigenvalue weighted by atomic mass is 32.2. The van der Waals surface area contributed by atoms with E-state index in [0.717, 1.165) is 19.6 Å². The number of nitrogens with zero attached hydrogens (tertiary/aromatic N) is 4. The van der Waals surface area contributed by atoms with Crippen LogP contribution >= 0.6 is 0 Å². The van der Waals surface area contributed by atoms with Gasteiger partial charge in [-0.1, -0.05) is 45.0 Å². The molecule has 2 heterocycles. The maximum Gasteiger partial charge on any atom is 0.246 e. The van der Waals surface area contributed by atoms with E-state index in [1.54, 1.807) is 29.2 Å². The molecule has 0 saturated carbocycles. The number of aryl methyl sites for hydroxylation is 2. The molecule has 0 amide bonds. The molecule has 1 fully saturated rings. The van der Waals surface area contributed by atoms with Crippen LogP contribution < -0.4 is 0 Å². The summed E-state index contributed by atoms with van der Waals surface area (Å²) in [6.07, 6.45) is 1.59. The SMILES string of the molecule is Cc1nn(C)cc1S(=O)(=O)N1CCN(Cc2ccc(C(C)(C)C)cc2)CC1. The molecular weight excluding hydrogens is 360 g/mol. The second kappa shape index (κ2) is 7.37. The Morgan fingerprint density at radius 1 is 1.04 bits per heavy atom. The quantitative estimate of drug-likeness (QED) is 0.805. The summed E-state index contributed by atoms with van der Waals surface area (Å²) in [6.45, 7) is 11.7. The molecule has 0 atom stereocenters. The first-order valence-electron chi connectivity index (χ1n) is 9.39. The first-order valence-corrected chi connectivity index (χ1v) is 10.8. The number of piperazine rings is 1. The van der Waals surface area contributed by atoms with Crippen molar-refractivity contribution in [2.75, 3.05) is 26.2 Å². The smallest absolute Gasteiger partial charge is 0.246 e. The average Bonchev–Trinajstić information content (AvgIpc) is 2.94. The Hall–Kier alpha value is -1.70. The average molecular weight is 391 g/mol. The number of hydrogen-bond acceptors (Lipinski definition) is 4. The van der Waals surface area contributed by atoms with E-state index in [9.17, 15) is 8.42 Å². The van der Waals surface area contributed by atoms with Crippen molar-refractivity contribution in [3.8, 4) is 0 Å². The molecule has 0 unspecified atom stereocenters. The Kier molecular flexibility index (Phi) is 5.47. The minimum atomic E-state index is -3.47. The van der Waals surface area contributed by atoms with E-state index >= 15 is 0 Å². The third kappa shape index (κ3) is 4.42. The molecule has 1 aromatic carbocycles. The van der Waals surface area contributed by atoms with Crippen LogP contribution in [0.5, 0.6) is 0 Å². The fourth-order valence-corrected chi connectivity index (χ4v) is 5.09. The van der Waals surface area contributed by atoms with Gasteiger partial charge in [-0.3, -0.25) is 9.58 Å². The van der Waals surface area contributed by atoms with Crippen molar-refractivity contribution in [3.05, 3.63) is 47.3 Å². The predicted molar refractivity (Wildman–Crippen MR) is 107 cm³/mol. The standard InChI is InChI=1S/C20H30N4O2S/c1-16-19(15-22(5)21-16)27(25,26)24-12-10-23(11-13-24)14-17-6-8-18(9-7-17)20(2,3)4/h6-9,15H,10-14H2,1-5H3. The Labute approximate surface area is 162 Å². The molecule has 0 radical (unpaired) electrons. The van der Waals surface area contributed by atoms with Gasteiger partial charge in [0.25, 0.3) is 0 Å². The van der Waals surface area contributed by atoms with E-state index in [4.69, 9.17) is 0 Å². The zero-order valence-electron chi connectivity index (χ0n) is 16.9. The molecule has 7 heteroatoms. The summed E-state index contributed by atoms with van der Waals surface area (Å²) in [5.74, 6) is 0. The van der Waals surface area contributed by atoms with Gasteiger partial charge < -0.3 is 0 Å². The molecular formula is C20H30N4O2S. The molecule has 3 rings (SSSR count). The normalized spacial score (nSPS) is 17.4. The van der Waals surface area contributed by atoms with Crippen LogP contribution in [0, 0.1) is 6.92 Å². The van der Waals surface area contributed by atoms with Crippen LogP contribution in [-0.4, -0.2) is 53.6 Å². The van der Waals surface area contributed by atoms with E-state index in [0.29, 0.717) is 23.7 Å². The van der Waals surface area contributed by atoms with Gasteiger partial charge in [0.1, 0.15) is 4.90 Å². The lowest BCUT2D eigenvalue weighted by Crippen LogP contribution is -2.48. The summed E-state index contributed by atoms with van der Waals surface area (Å²) in [5.41, 5.74) is 3.30. The molecule has 6 nitrogen and oxygen atoms in total. The molecule has 0 bridgehead atoms. The van der Waals surface area contributed by atoms with Gasteiger partial charge in [0.15, 0.2) is 0 Å². The highest BCUT2D eigenvalue weighted by Gasteiger charge is 2.31. The van der Waals surface area contributed by atoms with Crippen molar-refractivity contribution < 1.29 is 8.42 Å². The second-order valence-electron chi connectivity index (χ2n) is 8.38. The van der Waals surface area contributed by atoms with Crippen LogP contribution in [0.15, 0.2) is 35.4 Å². The van der Waals surface area contributed by atoms with Crippen LogP contribution in [0.4, 0.5) is 0 Å². The van der Waals surface area contributed by atoms with Crippen molar-refractivity contribution in [3.63, 3.8) is 0 Å². The Balaban J connectivity index is 1.61. The van der Waals surface area contributed by atoms with Gasteiger partial charge in [-0.05, 0) is 23.5 Å². The largest absolute Gasteiger partial charge is 0.296 e. The zero-order chi connectivity index (χ0) is 19.8. The van der Waals surface area contributed by atoms with Gasteiger partial charge in [0.2, 0.25) is 10.0 Å². The Morgan fingerprint density at radius 3 is 2.11 bits per heavy atom. The summed E-state index contributed by atoms with van der Waals surface area (Å²) in [4.78, 5) is 2.63. The lowest BCUT2D eigenvalue weighted by molar-refractivity contribution is 0.181. The van der Waals surface area contributed by atoms with E-state index in [2.05, 4.69) is 55.0 Å². The fourth-order valence-electron chi connectivity index (χ4n) is 3.47. The van der Waals surface area contributed by atoms with Crippen molar-refractivity contribution >= 4 is 10.0 Å². The van der Waals surface area contributed by atoms with E-state index in [-0.39, 0.29) is 5.41 Å². The van der Waals surface area contributed by atoms with E-state index in [1.807, 2.05) is 0 Å². The highest BCUT2D eigenvalue weighted by molar-refractivity contribution is 7.89. The van der Waals surface area contributed by atoms with Crippen LogP contribution in [0.3, 0.4) is 0 Å². The van der Waals surface area contributed by atoms with E-state index < -0.39 is 10.0 Å². The highest BCUT2D eigenvalue weighted by Crippen LogP contribution is 2.23. The van der Waals surface area contributed by atoms with Crippen LogP contribution in [-0.2, 0) is 29.0 Å². The number of aromatic nitrogens is 2. The molecule has 148 valence electrons. The molecule has 2 aromatic rings. The molecule has 1 aromatic heterocycles. The number of rotatable bonds is 4. The third-order valence-electron chi connectivity index (χ3n) is 5.14. The van der Waals surface area contributed by atoms with Gasteiger partial charge in [-0.2, -0.15) is 9.40 Å². The van der Waals surface area contributed by atoms with Gasteiger partial charge in [-0.25, -0.2) is 8.42 Å². The minimum Gasteiger partial charge on any atom is -0.296 e.